The summed E-state index contributed by atoms with van der Waals surface area (Å²) in [6.45, 7) is 1.52. The predicted octanol–water partition coefficient (Wildman–Crippen LogP) is 3.08. The summed E-state index contributed by atoms with van der Waals surface area (Å²) in [5.74, 6) is 0.120. The van der Waals surface area contributed by atoms with Crippen molar-refractivity contribution in [3.63, 3.8) is 0 Å². The van der Waals surface area contributed by atoms with Gasteiger partial charge < -0.3 is 9.47 Å². The average Bonchev–Trinajstić information content (AvgIpc) is 2.46. The van der Waals surface area contributed by atoms with Crippen LogP contribution in [0.4, 0.5) is 0 Å². The van der Waals surface area contributed by atoms with E-state index in [1.165, 1.54) is 0 Å². The lowest BCUT2D eigenvalue weighted by Gasteiger charge is -2.06. The third kappa shape index (κ3) is 3.63. The number of methoxy groups -OCH3 is 1. The summed E-state index contributed by atoms with van der Waals surface area (Å²) in [5, 5.41) is 2.10. The highest BCUT2D eigenvalue weighted by Crippen LogP contribution is 2.19. The monoisotopic (exact) mass is 258 g/mol. The van der Waals surface area contributed by atoms with Crippen LogP contribution in [-0.4, -0.2) is 32.7 Å². The van der Waals surface area contributed by atoms with Gasteiger partial charge in [-0.25, -0.2) is 0 Å². The van der Waals surface area contributed by atoms with Crippen molar-refractivity contribution in [2.45, 2.75) is 6.42 Å². The van der Waals surface area contributed by atoms with Crippen molar-refractivity contribution in [1.29, 1.82) is 0 Å². The molecule has 0 aromatic heterocycles. The van der Waals surface area contributed by atoms with Crippen LogP contribution in [0.2, 0.25) is 0 Å². The van der Waals surface area contributed by atoms with Gasteiger partial charge in [0.2, 0.25) is 0 Å². The van der Waals surface area contributed by atoms with E-state index in [-0.39, 0.29) is 5.78 Å². The number of carbonyl (C=O) groups excluding carboxylic acids is 1. The molecule has 0 spiro atoms. The van der Waals surface area contributed by atoms with E-state index < -0.39 is 0 Å². The molecule has 19 heavy (non-hydrogen) atoms. The number of hydrogen-bond acceptors (Lipinski definition) is 3. The first-order valence-corrected chi connectivity index (χ1v) is 6.40. The number of ketones is 1. The largest absolute Gasteiger partial charge is 0.382 e. The van der Waals surface area contributed by atoms with Crippen LogP contribution in [0.1, 0.15) is 16.8 Å². The Kier molecular flexibility index (Phi) is 5.07. The van der Waals surface area contributed by atoms with E-state index in [0.717, 1.165) is 16.3 Å². The summed E-state index contributed by atoms with van der Waals surface area (Å²) in [5.41, 5.74) is 0.772. The van der Waals surface area contributed by atoms with E-state index in [4.69, 9.17) is 9.47 Å². The number of rotatable bonds is 7. The fourth-order valence-corrected chi connectivity index (χ4v) is 2.01. The first-order chi connectivity index (χ1) is 9.33. The zero-order chi connectivity index (χ0) is 13.5. The second kappa shape index (κ2) is 7.02. The zero-order valence-corrected chi connectivity index (χ0v) is 11.1. The summed E-state index contributed by atoms with van der Waals surface area (Å²) in [6.07, 6.45) is 0.401. The molecule has 0 aliphatic rings. The molecule has 0 bridgehead atoms. The highest BCUT2D eigenvalue weighted by molar-refractivity contribution is 6.08. The number of fused-ring (bicyclic) bond motifs is 1. The van der Waals surface area contributed by atoms with E-state index in [9.17, 15) is 4.79 Å². The van der Waals surface area contributed by atoms with Crippen LogP contribution in [0.15, 0.2) is 42.5 Å². The van der Waals surface area contributed by atoms with Gasteiger partial charge in [-0.1, -0.05) is 42.5 Å². The maximum atomic E-state index is 12.2. The van der Waals surface area contributed by atoms with Gasteiger partial charge in [0.1, 0.15) is 0 Å². The highest BCUT2D eigenvalue weighted by Gasteiger charge is 2.09. The van der Waals surface area contributed by atoms with Crippen LogP contribution in [0.3, 0.4) is 0 Å². The molecule has 0 heterocycles. The number of hydrogen-bond donors (Lipinski definition) is 0. The maximum Gasteiger partial charge on any atom is 0.165 e. The Balaban J connectivity index is 2.01. The van der Waals surface area contributed by atoms with E-state index in [1.54, 1.807) is 7.11 Å². The summed E-state index contributed by atoms with van der Waals surface area (Å²) >= 11 is 0. The standard InChI is InChI=1S/C16H18O3/c1-18-11-12-19-10-9-16(17)15-8-4-6-13-5-2-3-7-14(13)15/h2-8H,9-12H2,1H3. The van der Waals surface area contributed by atoms with Crippen molar-refractivity contribution in [3.8, 4) is 0 Å². The SMILES string of the molecule is COCCOCCC(=O)c1cccc2ccccc12. The number of Topliss-reactive ketones (excluding diaryl/α,β-unsaturated/α-hetero) is 1. The molecule has 0 unspecified atom stereocenters. The van der Waals surface area contributed by atoms with E-state index in [2.05, 4.69) is 0 Å². The molecular formula is C16H18O3. The quantitative estimate of drug-likeness (QED) is 0.565. The van der Waals surface area contributed by atoms with Crippen molar-refractivity contribution in [2.75, 3.05) is 26.9 Å². The van der Waals surface area contributed by atoms with Crippen molar-refractivity contribution in [3.05, 3.63) is 48.0 Å². The molecule has 2 rings (SSSR count). The molecule has 3 heteroatoms. The molecule has 0 radical (unpaired) electrons. The Bertz CT molecular complexity index is 543. The fourth-order valence-electron chi connectivity index (χ4n) is 2.01. The highest BCUT2D eigenvalue weighted by atomic mass is 16.5. The zero-order valence-electron chi connectivity index (χ0n) is 11.1. The lowest BCUT2D eigenvalue weighted by Crippen LogP contribution is -2.08. The van der Waals surface area contributed by atoms with Crippen LogP contribution in [0.25, 0.3) is 10.8 Å². The first-order valence-electron chi connectivity index (χ1n) is 6.40. The maximum absolute atomic E-state index is 12.2. The topological polar surface area (TPSA) is 35.5 Å². The Hall–Kier alpha value is -1.71. The van der Waals surface area contributed by atoms with Gasteiger partial charge in [-0.05, 0) is 10.8 Å². The average molecular weight is 258 g/mol. The van der Waals surface area contributed by atoms with Gasteiger partial charge >= 0.3 is 0 Å². The number of benzene rings is 2. The second-order valence-electron chi connectivity index (χ2n) is 4.31. The van der Waals surface area contributed by atoms with E-state index in [1.807, 2.05) is 42.5 Å². The summed E-state index contributed by atoms with van der Waals surface area (Å²) in [4.78, 5) is 12.2. The van der Waals surface area contributed by atoms with Crippen molar-refractivity contribution in [2.24, 2.45) is 0 Å². The molecular weight excluding hydrogens is 240 g/mol. The van der Waals surface area contributed by atoms with E-state index >= 15 is 0 Å². The van der Waals surface area contributed by atoms with Gasteiger partial charge in [0, 0.05) is 19.1 Å². The summed E-state index contributed by atoms with van der Waals surface area (Å²) in [7, 11) is 1.63. The van der Waals surface area contributed by atoms with Crippen LogP contribution in [0.5, 0.6) is 0 Å². The van der Waals surface area contributed by atoms with Crippen molar-refractivity contribution >= 4 is 16.6 Å². The van der Waals surface area contributed by atoms with Gasteiger partial charge in [-0.3, -0.25) is 4.79 Å². The normalized spacial score (nSPS) is 10.8. The molecule has 0 saturated carbocycles. The van der Waals surface area contributed by atoms with Crippen molar-refractivity contribution < 1.29 is 14.3 Å². The lowest BCUT2D eigenvalue weighted by atomic mass is 10.0. The molecule has 100 valence electrons. The van der Waals surface area contributed by atoms with Gasteiger partial charge in [-0.15, -0.1) is 0 Å². The Morgan fingerprint density at radius 3 is 2.63 bits per heavy atom. The molecule has 0 aliphatic heterocycles. The molecule has 0 saturated heterocycles. The second-order valence-corrected chi connectivity index (χ2v) is 4.31. The minimum absolute atomic E-state index is 0.120. The summed E-state index contributed by atoms with van der Waals surface area (Å²) in [6, 6.07) is 13.7. The third-order valence-corrected chi connectivity index (χ3v) is 3.00. The lowest BCUT2D eigenvalue weighted by molar-refractivity contribution is 0.0642. The molecule has 2 aromatic rings. The number of ether oxygens (including phenoxy) is 2. The molecule has 0 N–H and O–H groups in total. The Morgan fingerprint density at radius 2 is 1.79 bits per heavy atom. The van der Waals surface area contributed by atoms with Crippen LogP contribution in [0, 0.1) is 0 Å². The molecule has 0 fully saturated rings. The number of carbonyl (C=O) groups is 1. The molecule has 3 nitrogen and oxygen atoms in total. The van der Waals surface area contributed by atoms with Crippen molar-refractivity contribution in [1.82, 2.24) is 0 Å². The van der Waals surface area contributed by atoms with Crippen LogP contribution in [-0.2, 0) is 9.47 Å². The van der Waals surface area contributed by atoms with Gasteiger partial charge in [0.05, 0.1) is 19.8 Å². The van der Waals surface area contributed by atoms with Gasteiger partial charge in [-0.2, -0.15) is 0 Å². The predicted molar refractivity (Wildman–Crippen MR) is 75.6 cm³/mol. The Labute approximate surface area is 113 Å². The molecule has 0 atom stereocenters. The third-order valence-electron chi connectivity index (χ3n) is 3.00. The smallest absolute Gasteiger partial charge is 0.165 e. The van der Waals surface area contributed by atoms with Crippen LogP contribution >= 0.6 is 0 Å². The Morgan fingerprint density at radius 1 is 1.00 bits per heavy atom. The summed E-state index contributed by atoms with van der Waals surface area (Å²) < 4.78 is 10.2. The minimum atomic E-state index is 0.120. The first kappa shape index (κ1) is 13.7. The molecule has 0 aliphatic carbocycles. The van der Waals surface area contributed by atoms with Gasteiger partial charge in [0.25, 0.3) is 0 Å². The molecule has 0 amide bonds. The minimum Gasteiger partial charge on any atom is -0.382 e. The van der Waals surface area contributed by atoms with Crippen LogP contribution < -0.4 is 0 Å². The van der Waals surface area contributed by atoms with E-state index in [0.29, 0.717) is 26.2 Å². The fraction of sp³-hybridized carbons (Fsp3) is 0.312. The van der Waals surface area contributed by atoms with Gasteiger partial charge in [0.15, 0.2) is 5.78 Å². The molecule has 2 aromatic carbocycles.